The van der Waals surface area contributed by atoms with Gasteiger partial charge in [-0.15, -0.1) is 0 Å². The number of amides is 2. The molecule has 0 bridgehead atoms. The Morgan fingerprint density at radius 2 is 1.83 bits per heavy atom. The molecule has 2 aromatic rings. The molecule has 0 spiro atoms. The topological polar surface area (TPSA) is 87.8 Å². The lowest BCUT2D eigenvalue weighted by Crippen LogP contribution is -2.34. The molecule has 1 N–H and O–H groups in total. The highest BCUT2D eigenvalue weighted by molar-refractivity contribution is 8.18. The van der Waals surface area contributed by atoms with E-state index in [0.717, 1.165) is 30.2 Å². The van der Waals surface area contributed by atoms with Gasteiger partial charge in [-0.1, -0.05) is 31.4 Å². The van der Waals surface area contributed by atoms with E-state index in [-0.39, 0.29) is 16.7 Å². The maximum atomic E-state index is 12.7. The fraction of sp³-hybridized carbons (Fsp3) is 0.318. The summed E-state index contributed by atoms with van der Waals surface area (Å²) < 4.78 is 5.78. The summed E-state index contributed by atoms with van der Waals surface area (Å²) in [5.74, 6) is 0.204. The Kier molecular flexibility index (Phi) is 5.58. The molecular weight excluding hydrogens is 390 g/mol. The van der Waals surface area contributed by atoms with Gasteiger partial charge in [0.25, 0.3) is 11.1 Å². The highest BCUT2D eigenvalue weighted by atomic mass is 32.2. The van der Waals surface area contributed by atoms with Crippen molar-refractivity contribution in [2.45, 2.75) is 32.1 Å². The van der Waals surface area contributed by atoms with Crippen LogP contribution >= 0.6 is 11.8 Å². The SMILES string of the molecule is O=C(O)c1ccc(-c2ccc(/C=C3/SC(=O)N(CC4CCCCC4)C3=O)o2)cc1. The van der Waals surface area contributed by atoms with E-state index < -0.39 is 5.97 Å². The summed E-state index contributed by atoms with van der Waals surface area (Å²) in [6, 6.07) is 9.85. The van der Waals surface area contributed by atoms with Crippen molar-refractivity contribution in [2.24, 2.45) is 5.92 Å². The zero-order valence-electron chi connectivity index (χ0n) is 15.8. The Morgan fingerprint density at radius 3 is 2.52 bits per heavy atom. The molecule has 1 saturated heterocycles. The van der Waals surface area contributed by atoms with Crippen molar-refractivity contribution in [1.29, 1.82) is 0 Å². The van der Waals surface area contributed by atoms with Crippen LogP contribution in [0.15, 0.2) is 45.7 Å². The largest absolute Gasteiger partial charge is 0.478 e. The maximum absolute atomic E-state index is 12.7. The monoisotopic (exact) mass is 411 g/mol. The molecule has 4 rings (SSSR count). The van der Waals surface area contributed by atoms with E-state index in [1.807, 2.05) is 0 Å². The number of thioether (sulfide) groups is 1. The molecule has 1 aromatic heterocycles. The van der Waals surface area contributed by atoms with Gasteiger partial charge in [-0.3, -0.25) is 14.5 Å². The molecule has 2 aliphatic rings. The van der Waals surface area contributed by atoms with Crippen LogP contribution in [0.5, 0.6) is 0 Å². The molecular formula is C22H21NO5S. The number of carbonyl (C=O) groups excluding carboxylic acids is 2. The lowest BCUT2D eigenvalue weighted by atomic mass is 9.89. The fourth-order valence-electron chi connectivity index (χ4n) is 3.78. The van der Waals surface area contributed by atoms with Crippen molar-refractivity contribution in [1.82, 2.24) is 4.90 Å². The van der Waals surface area contributed by atoms with Crippen molar-refractivity contribution in [3.05, 3.63) is 52.6 Å². The first-order valence-corrected chi connectivity index (χ1v) is 10.5. The summed E-state index contributed by atoms with van der Waals surface area (Å²) in [6.45, 7) is 0.501. The van der Waals surface area contributed by atoms with Crippen LogP contribution in [0.4, 0.5) is 4.79 Å². The van der Waals surface area contributed by atoms with E-state index in [4.69, 9.17) is 9.52 Å². The third-order valence-corrected chi connectivity index (χ3v) is 6.26. The Hall–Kier alpha value is -2.80. The number of nitrogens with zero attached hydrogens (tertiary/aromatic N) is 1. The van der Waals surface area contributed by atoms with Crippen LogP contribution in [-0.2, 0) is 4.79 Å². The quantitative estimate of drug-likeness (QED) is 0.675. The van der Waals surface area contributed by atoms with Gasteiger partial charge in [0, 0.05) is 18.2 Å². The van der Waals surface area contributed by atoms with Crippen LogP contribution in [0.1, 0.15) is 48.2 Å². The molecule has 0 unspecified atom stereocenters. The fourth-order valence-corrected chi connectivity index (χ4v) is 4.61. The second kappa shape index (κ2) is 8.29. The standard InChI is InChI=1S/C22H21NO5S/c24-20-19(29-22(27)23(20)13-14-4-2-1-3-5-14)12-17-10-11-18(28-17)15-6-8-16(9-7-15)21(25)26/h6-12,14H,1-5,13H2,(H,25,26)/b19-12+. The predicted octanol–water partition coefficient (Wildman–Crippen LogP) is 5.26. The molecule has 0 radical (unpaired) electrons. The van der Waals surface area contributed by atoms with E-state index in [1.54, 1.807) is 30.3 Å². The number of carboxylic acid groups (broad SMARTS) is 1. The number of hydrogen-bond acceptors (Lipinski definition) is 5. The minimum Gasteiger partial charge on any atom is -0.478 e. The molecule has 6 nitrogen and oxygen atoms in total. The second-order valence-corrected chi connectivity index (χ2v) is 8.37. The molecule has 29 heavy (non-hydrogen) atoms. The lowest BCUT2D eigenvalue weighted by molar-refractivity contribution is -0.123. The third kappa shape index (κ3) is 4.29. The Labute approximate surface area is 172 Å². The molecule has 1 aliphatic carbocycles. The minimum absolute atomic E-state index is 0.201. The van der Waals surface area contributed by atoms with Crippen molar-refractivity contribution in [3.8, 4) is 11.3 Å². The van der Waals surface area contributed by atoms with Gasteiger partial charge in [0.05, 0.1) is 10.5 Å². The molecule has 2 fully saturated rings. The summed E-state index contributed by atoms with van der Waals surface area (Å²) in [6.07, 6.45) is 7.31. The second-order valence-electron chi connectivity index (χ2n) is 7.38. The van der Waals surface area contributed by atoms with E-state index in [9.17, 15) is 14.4 Å². The summed E-state index contributed by atoms with van der Waals surface area (Å²) in [5.41, 5.74) is 0.937. The predicted molar refractivity (Wildman–Crippen MR) is 110 cm³/mol. The van der Waals surface area contributed by atoms with Gasteiger partial charge in [0.15, 0.2) is 0 Å². The molecule has 1 aromatic carbocycles. The molecule has 2 heterocycles. The number of carboxylic acids is 1. The van der Waals surface area contributed by atoms with Crippen LogP contribution in [-0.4, -0.2) is 33.7 Å². The smallest absolute Gasteiger partial charge is 0.335 e. The molecule has 1 aliphatic heterocycles. The number of benzene rings is 1. The Balaban J connectivity index is 1.47. The van der Waals surface area contributed by atoms with Crippen molar-refractivity contribution in [3.63, 3.8) is 0 Å². The van der Waals surface area contributed by atoms with Gasteiger partial charge in [0.2, 0.25) is 0 Å². The van der Waals surface area contributed by atoms with Crippen LogP contribution < -0.4 is 0 Å². The lowest BCUT2D eigenvalue weighted by Gasteiger charge is -2.25. The summed E-state index contributed by atoms with van der Waals surface area (Å²) in [4.78, 5) is 37.7. The Bertz CT molecular complexity index is 969. The average molecular weight is 411 g/mol. The van der Waals surface area contributed by atoms with Crippen LogP contribution in [0.3, 0.4) is 0 Å². The van der Waals surface area contributed by atoms with Gasteiger partial charge >= 0.3 is 5.97 Å². The van der Waals surface area contributed by atoms with Crippen LogP contribution in [0, 0.1) is 5.92 Å². The first kappa shape index (κ1) is 19.5. The summed E-state index contributed by atoms with van der Waals surface area (Å²) in [7, 11) is 0. The zero-order chi connectivity index (χ0) is 20.4. The maximum Gasteiger partial charge on any atom is 0.335 e. The zero-order valence-corrected chi connectivity index (χ0v) is 16.6. The van der Waals surface area contributed by atoms with Gasteiger partial charge in [-0.2, -0.15) is 0 Å². The normalized spacial score (nSPS) is 19.3. The van der Waals surface area contributed by atoms with E-state index in [2.05, 4.69) is 0 Å². The summed E-state index contributed by atoms with van der Waals surface area (Å²) >= 11 is 0.949. The van der Waals surface area contributed by atoms with Gasteiger partial charge in [0.1, 0.15) is 11.5 Å². The third-order valence-electron chi connectivity index (χ3n) is 5.36. The highest BCUT2D eigenvalue weighted by Crippen LogP contribution is 2.35. The van der Waals surface area contributed by atoms with Crippen molar-refractivity contribution < 1.29 is 23.9 Å². The first-order chi connectivity index (χ1) is 14.0. The number of carbonyl (C=O) groups is 3. The van der Waals surface area contributed by atoms with E-state index in [1.165, 1.54) is 36.3 Å². The van der Waals surface area contributed by atoms with E-state index >= 15 is 0 Å². The molecule has 150 valence electrons. The van der Waals surface area contributed by atoms with Crippen molar-refractivity contribution >= 4 is 35.0 Å². The summed E-state index contributed by atoms with van der Waals surface area (Å²) in [5, 5.41) is 8.76. The molecule has 0 atom stereocenters. The van der Waals surface area contributed by atoms with Gasteiger partial charge in [-0.05, 0) is 54.8 Å². The molecule has 7 heteroatoms. The van der Waals surface area contributed by atoms with Crippen LogP contribution in [0.2, 0.25) is 0 Å². The highest BCUT2D eigenvalue weighted by Gasteiger charge is 2.36. The van der Waals surface area contributed by atoms with Crippen molar-refractivity contribution in [2.75, 3.05) is 6.54 Å². The number of imide groups is 1. The number of aromatic carboxylic acids is 1. The first-order valence-electron chi connectivity index (χ1n) is 9.70. The Morgan fingerprint density at radius 1 is 1.10 bits per heavy atom. The molecule has 2 amide bonds. The van der Waals surface area contributed by atoms with Gasteiger partial charge < -0.3 is 9.52 Å². The van der Waals surface area contributed by atoms with Crippen LogP contribution in [0.25, 0.3) is 17.4 Å². The molecule has 1 saturated carbocycles. The number of furan rings is 1. The van der Waals surface area contributed by atoms with E-state index in [0.29, 0.717) is 28.9 Å². The average Bonchev–Trinajstić information content (AvgIpc) is 3.29. The number of hydrogen-bond donors (Lipinski definition) is 1. The minimum atomic E-state index is -0.986. The number of rotatable bonds is 5. The van der Waals surface area contributed by atoms with Gasteiger partial charge in [-0.25, -0.2) is 4.79 Å².